The number of pyridine rings is 1. The average molecular weight is 316 g/mol. The van der Waals surface area contributed by atoms with E-state index in [1.165, 1.54) is 0 Å². The van der Waals surface area contributed by atoms with Gasteiger partial charge < -0.3 is 15.0 Å². The first-order valence-electron chi connectivity index (χ1n) is 7.98. The summed E-state index contributed by atoms with van der Waals surface area (Å²) in [5, 5.41) is 9.98. The molecule has 0 unspecified atom stereocenters. The number of aliphatic hydroxyl groups excluding tert-OH is 1. The molecule has 0 aliphatic heterocycles. The number of aromatic nitrogens is 1. The van der Waals surface area contributed by atoms with Gasteiger partial charge in [0.05, 0.1) is 6.54 Å². The molecule has 23 heavy (non-hydrogen) atoms. The summed E-state index contributed by atoms with van der Waals surface area (Å²) in [6.45, 7) is 6.55. The van der Waals surface area contributed by atoms with Crippen LogP contribution in [0.25, 0.3) is 10.9 Å². The van der Waals surface area contributed by atoms with E-state index in [2.05, 4.69) is 11.1 Å². The number of hydrogen-bond acceptors (Lipinski definition) is 3. The van der Waals surface area contributed by atoms with Crippen LogP contribution >= 0.6 is 0 Å². The van der Waals surface area contributed by atoms with E-state index in [1.54, 1.807) is 11.8 Å². The van der Waals surface area contributed by atoms with Crippen molar-refractivity contribution in [3.05, 3.63) is 45.2 Å². The first-order chi connectivity index (χ1) is 11.0. The van der Waals surface area contributed by atoms with Crippen LogP contribution in [-0.2, 0) is 11.3 Å². The highest BCUT2D eigenvalue weighted by atomic mass is 16.3. The molecule has 0 aliphatic rings. The summed E-state index contributed by atoms with van der Waals surface area (Å²) in [5.74, 6) is -0.0152. The second kappa shape index (κ2) is 7.42. The molecule has 5 nitrogen and oxygen atoms in total. The first-order valence-corrected chi connectivity index (χ1v) is 7.98. The molecule has 124 valence electrons. The van der Waals surface area contributed by atoms with Crippen molar-refractivity contribution in [3.63, 3.8) is 0 Å². The SMILES string of the molecule is CCC(=O)N(CCCO)Cc1cc2c(C)cc(C)cc2[nH]c1=O. The molecule has 0 saturated carbocycles. The summed E-state index contributed by atoms with van der Waals surface area (Å²) >= 11 is 0. The second-order valence-electron chi connectivity index (χ2n) is 5.91. The number of H-pyrrole nitrogens is 1. The number of aliphatic hydroxyl groups is 1. The molecule has 0 aliphatic carbocycles. The predicted molar refractivity (Wildman–Crippen MR) is 91.5 cm³/mol. The van der Waals surface area contributed by atoms with Crippen LogP contribution in [0.4, 0.5) is 0 Å². The second-order valence-corrected chi connectivity index (χ2v) is 5.91. The zero-order chi connectivity index (χ0) is 17.0. The lowest BCUT2D eigenvalue weighted by molar-refractivity contribution is -0.131. The van der Waals surface area contributed by atoms with Crippen molar-refractivity contribution in [3.8, 4) is 0 Å². The Kier molecular flexibility index (Phi) is 5.55. The number of nitrogens with zero attached hydrogens (tertiary/aromatic N) is 1. The van der Waals surface area contributed by atoms with Crippen molar-refractivity contribution in [2.24, 2.45) is 0 Å². The minimum atomic E-state index is -0.166. The molecule has 2 N–H and O–H groups in total. The number of rotatable bonds is 6. The highest BCUT2D eigenvalue weighted by Crippen LogP contribution is 2.19. The van der Waals surface area contributed by atoms with E-state index in [0.29, 0.717) is 24.9 Å². The number of fused-ring (bicyclic) bond motifs is 1. The average Bonchev–Trinajstić information content (AvgIpc) is 2.51. The number of carbonyl (C=O) groups is 1. The van der Waals surface area contributed by atoms with Crippen molar-refractivity contribution in [2.75, 3.05) is 13.2 Å². The third-order valence-electron chi connectivity index (χ3n) is 3.99. The van der Waals surface area contributed by atoms with Gasteiger partial charge in [0, 0.05) is 36.0 Å². The van der Waals surface area contributed by atoms with E-state index in [0.717, 1.165) is 22.0 Å². The molecule has 0 fully saturated rings. The third kappa shape index (κ3) is 3.99. The molecule has 0 bridgehead atoms. The van der Waals surface area contributed by atoms with Crippen LogP contribution in [-0.4, -0.2) is 34.0 Å². The van der Waals surface area contributed by atoms with Crippen LogP contribution in [0, 0.1) is 13.8 Å². The van der Waals surface area contributed by atoms with E-state index >= 15 is 0 Å². The molecule has 0 saturated heterocycles. The lowest BCUT2D eigenvalue weighted by Crippen LogP contribution is -2.33. The van der Waals surface area contributed by atoms with Gasteiger partial charge in [-0.15, -0.1) is 0 Å². The molecule has 2 rings (SSSR count). The summed E-state index contributed by atoms with van der Waals surface area (Å²) < 4.78 is 0. The topological polar surface area (TPSA) is 73.4 Å². The fourth-order valence-electron chi connectivity index (χ4n) is 2.82. The maximum Gasteiger partial charge on any atom is 0.253 e. The Morgan fingerprint density at radius 2 is 2.00 bits per heavy atom. The minimum absolute atomic E-state index is 0.0152. The van der Waals surface area contributed by atoms with E-state index < -0.39 is 0 Å². The Labute approximate surface area is 135 Å². The Bertz CT molecular complexity index is 765. The first kappa shape index (κ1) is 17.2. The molecule has 5 heteroatoms. The minimum Gasteiger partial charge on any atom is -0.396 e. The third-order valence-corrected chi connectivity index (χ3v) is 3.99. The molecule has 1 heterocycles. The smallest absolute Gasteiger partial charge is 0.253 e. The number of hydrogen-bond donors (Lipinski definition) is 2. The molecular weight excluding hydrogens is 292 g/mol. The van der Waals surface area contributed by atoms with Gasteiger partial charge in [-0.25, -0.2) is 0 Å². The normalized spacial score (nSPS) is 11.0. The van der Waals surface area contributed by atoms with E-state index in [-0.39, 0.29) is 24.6 Å². The van der Waals surface area contributed by atoms with Crippen molar-refractivity contribution in [1.29, 1.82) is 0 Å². The standard InChI is InChI=1S/C18H24N2O3/c1-4-17(22)20(6-5-7-21)11-14-10-15-13(3)8-12(2)9-16(15)19-18(14)23/h8-10,21H,4-7,11H2,1-3H3,(H,19,23). The zero-order valence-corrected chi connectivity index (χ0v) is 14.0. The Morgan fingerprint density at radius 3 is 2.65 bits per heavy atom. The molecule has 1 aromatic heterocycles. The summed E-state index contributed by atoms with van der Waals surface area (Å²) in [4.78, 5) is 28.9. The maximum atomic E-state index is 12.3. The molecule has 2 aromatic rings. The highest BCUT2D eigenvalue weighted by Gasteiger charge is 2.14. The van der Waals surface area contributed by atoms with Crippen molar-refractivity contribution < 1.29 is 9.90 Å². The fraction of sp³-hybridized carbons (Fsp3) is 0.444. The molecule has 0 atom stereocenters. The summed E-state index contributed by atoms with van der Waals surface area (Å²) in [7, 11) is 0. The van der Waals surface area contributed by atoms with E-state index in [1.807, 2.05) is 26.0 Å². The number of benzene rings is 1. The van der Waals surface area contributed by atoms with Crippen molar-refractivity contribution >= 4 is 16.8 Å². The van der Waals surface area contributed by atoms with Gasteiger partial charge in [-0.3, -0.25) is 9.59 Å². The van der Waals surface area contributed by atoms with Crippen molar-refractivity contribution in [1.82, 2.24) is 9.88 Å². The molecular formula is C18H24N2O3. The largest absolute Gasteiger partial charge is 0.396 e. The predicted octanol–water partition coefficient (Wildman–Crippen LogP) is 2.27. The Balaban J connectivity index is 2.39. The lowest BCUT2D eigenvalue weighted by Gasteiger charge is -2.22. The van der Waals surface area contributed by atoms with Gasteiger partial charge in [0.15, 0.2) is 0 Å². The highest BCUT2D eigenvalue weighted by molar-refractivity contribution is 5.83. The van der Waals surface area contributed by atoms with Gasteiger partial charge >= 0.3 is 0 Å². The number of aryl methyl sites for hydroxylation is 2. The van der Waals surface area contributed by atoms with E-state index in [9.17, 15) is 9.59 Å². The van der Waals surface area contributed by atoms with Crippen LogP contribution in [0.3, 0.4) is 0 Å². The number of nitrogens with one attached hydrogen (secondary N) is 1. The van der Waals surface area contributed by atoms with Crippen LogP contribution in [0.15, 0.2) is 23.0 Å². The Morgan fingerprint density at radius 1 is 1.26 bits per heavy atom. The van der Waals surface area contributed by atoms with Gasteiger partial charge in [-0.2, -0.15) is 0 Å². The number of aromatic amines is 1. The molecule has 1 amide bonds. The van der Waals surface area contributed by atoms with Gasteiger partial charge in [0.2, 0.25) is 5.91 Å². The van der Waals surface area contributed by atoms with Gasteiger partial charge in [0.25, 0.3) is 5.56 Å². The van der Waals surface area contributed by atoms with E-state index in [4.69, 9.17) is 5.11 Å². The van der Waals surface area contributed by atoms with Crippen LogP contribution in [0.1, 0.15) is 36.5 Å². The molecule has 0 spiro atoms. The van der Waals surface area contributed by atoms with Gasteiger partial charge in [-0.1, -0.05) is 13.0 Å². The lowest BCUT2D eigenvalue weighted by atomic mass is 10.0. The summed E-state index contributed by atoms with van der Waals surface area (Å²) in [6, 6.07) is 5.90. The van der Waals surface area contributed by atoms with Crippen LogP contribution in [0.2, 0.25) is 0 Å². The van der Waals surface area contributed by atoms with Gasteiger partial charge in [-0.05, 0) is 43.5 Å². The number of amides is 1. The van der Waals surface area contributed by atoms with Crippen LogP contribution < -0.4 is 5.56 Å². The van der Waals surface area contributed by atoms with Crippen molar-refractivity contribution in [2.45, 2.75) is 40.2 Å². The summed E-state index contributed by atoms with van der Waals surface area (Å²) in [6.07, 6.45) is 0.893. The molecule has 1 aromatic carbocycles. The summed E-state index contributed by atoms with van der Waals surface area (Å²) in [5.41, 5.74) is 3.43. The quantitative estimate of drug-likeness (QED) is 0.858. The molecule has 0 radical (unpaired) electrons. The zero-order valence-electron chi connectivity index (χ0n) is 14.0. The maximum absolute atomic E-state index is 12.3. The van der Waals surface area contributed by atoms with Gasteiger partial charge in [0.1, 0.15) is 0 Å². The number of carbonyl (C=O) groups excluding carboxylic acids is 1. The fourth-order valence-corrected chi connectivity index (χ4v) is 2.82. The monoisotopic (exact) mass is 316 g/mol. The Hall–Kier alpha value is -2.14. The van der Waals surface area contributed by atoms with Crippen LogP contribution in [0.5, 0.6) is 0 Å².